The van der Waals surface area contributed by atoms with Gasteiger partial charge in [-0.25, -0.2) is 4.98 Å². The van der Waals surface area contributed by atoms with Gasteiger partial charge in [0.1, 0.15) is 5.75 Å². The first-order valence-electron chi connectivity index (χ1n) is 8.89. The van der Waals surface area contributed by atoms with Gasteiger partial charge in [-0.15, -0.1) is 0 Å². The number of nitrogens with zero attached hydrogens (tertiary/aromatic N) is 2. The van der Waals surface area contributed by atoms with E-state index in [0.717, 1.165) is 34.1 Å². The highest BCUT2D eigenvalue weighted by Gasteiger charge is 2.32. The van der Waals surface area contributed by atoms with E-state index in [1.807, 2.05) is 37.3 Å². The Balaban J connectivity index is 1.97. The van der Waals surface area contributed by atoms with E-state index in [-0.39, 0.29) is 5.91 Å². The summed E-state index contributed by atoms with van der Waals surface area (Å²) in [7, 11) is 1.62. The van der Waals surface area contributed by atoms with Crippen molar-refractivity contribution in [3.8, 4) is 16.9 Å². The molecule has 2 heterocycles. The maximum atomic E-state index is 12.7. The molecule has 4 rings (SSSR count). The number of nitrogens with two attached hydrogens (primary N) is 1. The van der Waals surface area contributed by atoms with Crippen molar-refractivity contribution in [1.82, 2.24) is 9.88 Å². The molecule has 6 heteroatoms. The average Bonchev–Trinajstić information content (AvgIpc) is 2.97. The second-order valence-corrected chi connectivity index (χ2v) is 7.06. The molecular formula is C21H20ClN3O2. The number of hydrogen-bond donors (Lipinski definition) is 1. The molecule has 0 saturated carbocycles. The molecule has 0 unspecified atom stereocenters. The van der Waals surface area contributed by atoms with Crippen LogP contribution in [0.4, 0.5) is 5.69 Å². The summed E-state index contributed by atoms with van der Waals surface area (Å²) in [5, 5.41) is 1.38. The SMILES string of the molecule is CCCN1Cc2nc3c(-c4cc(Cl)ccc4OC)cccc3c(N)c2C1=O. The van der Waals surface area contributed by atoms with Gasteiger partial charge in [-0.1, -0.05) is 36.7 Å². The Morgan fingerprint density at radius 2 is 2.07 bits per heavy atom. The van der Waals surface area contributed by atoms with Crippen molar-refractivity contribution in [2.24, 2.45) is 0 Å². The van der Waals surface area contributed by atoms with Gasteiger partial charge in [0.2, 0.25) is 0 Å². The summed E-state index contributed by atoms with van der Waals surface area (Å²) >= 11 is 6.22. The van der Waals surface area contributed by atoms with Crippen LogP contribution in [0.5, 0.6) is 5.75 Å². The lowest BCUT2D eigenvalue weighted by Crippen LogP contribution is -2.24. The predicted molar refractivity (Wildman–Crippen MR) is 108 cm³/mol. The number of aromatic nitrogens is 1. The summed E-state index contributed by atoms with van der Waals surface area (Å²) in [5.41, 5.74) is 10.6. The lowest BCUT2D eigenvalue weighted by atomic mass is 9.98. The molecule has 0 bridgehead atoms. The zero-order valence-electron chi connectivity index (χ0n) is 15.3. The topological polar surface area (TPSA) is 68.5 Å². The number of ether oxygens (including phenoxy) is 1. The number of para-hydroxylation sites is 1. The molecule has 2 N–H and O–H groups in total. The fraction of sp³-hybridized carbons (Fsp3) is 0.238. The van der Waals surface area contributed by atoms with E-state index in [1.165, 1.54) is 0 Å². The number of methoxy groups -OCH3 is 1. The second-order valence-electron chi connectivity index (χ2n) is 6.62. The third kappa shape index (κ3) is 2.79. The molecule has 0 atom stereocenters. The fourth-order valence-electron chi connectivity index (χ4n) is 3.68. The number of carbonyl (C=O) groups is 1. The van der Waals surface area contributed by atoms with E-state index in [9.17, 15) is 4.79 Å². The number of carbonyl (C=O) groups excluding carboxylic acids is 1. The smallest absolute Gasteiger partial charge is 0.258 e. The molecule has 0 spiro atoms. The highest BCUT2D eigenvalue weighted by molar-refractivity contribution is 6.31. The van der Waals surface area contributed by atoms with Crippen LogP contribution in [0, 0.1) is 0 Å². The highest BCUT2D eigenvalue weighted by Crippen LogP contribution is 2.40. The molecule has 0 fully saturated rings. The lowest BCUT2D eigenvalue weighted by Gasteiger charge is -2.13. The number of rotatable bonds is 4. The Labute approximate surface area is 162 Å². The Morgan fingerprint density at radius 1 is 1.26 bits per heavy atom. The van der Waals surface area contributed by atoms with Gasteiger partial charge in [0, 0.05) is 28.1 Å². The third-order valence-corrected chi connectivity index (χ3v) is 5.15. The number of fused-ring (bicyclic) bond motifs is 2. The van der Waals surface area contributed by atoms with Crippen molar-refractivity contribution in [2.45, 2.75) is 19.9 Å². The highest BCUT2D eigenvalue weighted by atomic mass is 35.5. The van der Waals surface area contributed by atoms with Crippen LogP contribution in [0.15, 0.2) is 36.4 Å². The number of anilines is 1. The van der Waals surface area contributed by atoms with Gasteiger partial charge in [0.05, 0.1) is 36.1 Å². The van der Waals surface area contributed by atoms with Gasteiger partial charge in [-0.05, 0) is 24.6 Å². The van der Waals surface area contributed by atoms with Crippen LogP contribution in [0.2, 0.25) is 5.02 Å². The van der Waals surface area contributed by atoms with E-state index in [1.54, 1.807) is 18.1 Å². The van der Waals surface area contributed by atoms with E-state index < -0.39 is 0 Å². The number of pyridine rings is 1. The third-order valence-electron chi connectivity index (χ3n) is 4.92. The Hall–Kier alpha value is -2.79. The summed E-state index contributed by atoms with van der Waals surface area (Å²) in [5.74, 6) is 0.668. The van der Waals surface area contributed by atoms with Crippen LogP contribution in [-0.4, -0.2) is 29.4 Å². The van der Waals surface area contributed by atoms with Crippen molar-refractivity contribution in [2.75, 3.05) is 19.4 Å². The monoisotopic (exact) mass is 381 g/mol. The van der Waals surface area contributed by atoms with Crippen LogP contribution < -0.4 is 10.5 Å². The standard InChI is InChI=1S/C21H20ClN3O2/c1-3-9-25-11-16-18(21(25)26)19(23)14-6-4-5-13(20(14)24-16)15-10-12(22)7-8-17(15)27-2/h4-8,10H,3,9,11H2,1-2H3,(H2,23,24). The molecule has 3 aromatic rings. The van der Waals surface area contributed by atoms with Gasteiger partial charge in [0.25, 0.3) is 5.91 Å². The number of nitrogen functional groups attached to an aromatic ring is 1. The molecule has 1 aliphatic rings. The minimum Gasteiger partial charge on any atom is -0.496 e. The number of halogens is 1. The first-order chi connectivity index (χ1) is 13.0. The Bertz CT molecular complexity index is 1060. The van der Waals surface area contributed by atoms with E-state index in [4.69, 9.17) is 27.1 Å². The van der Waals surface area contributed by atoms with Gasteiger partial charge < -0.3 is 15.4 Å². The molecule has 0 saturated heterocycles. The molecular weight excluding hydrogens is 362 g/mol. The first kappa shape index (κ1) is 17.6. The first-order valence-corrected chi connectivity index (χ1v) is 9.27. The molecule has 0 aliphatic carbocycles. The summed E-state index contributed by atoms with van der Waals surface area (Å²) in [6.45, 7) is 3.23. The minimum atomic E-state index is -0.0375. The summed E-state index contributed by atoms with van der Waals surface area (Å²) in [6, 6.07) is 11.3. The molecule has 1 aliphatic heterocycles. The Kier molecular flexibility index (Phi) is 4.40. The minimum absolute atomic E-state index is 0.0375. The van der Waals surface area contributed by atoms with Gasteiger partial charge in [-0.2, -0.15) is 0 Å². The Morgan fingerprint density at radius 3 is 2.81 bits per heavy atom. The maximum absolute atomic E-state index is 12.7. The van der Waals surface area contributed by atoms with Crippen LogP contribution in [0.25, 0.3) is 22.0 Å². The van der Waals surface area contributed by atoms with E-state index in [0.29, 0.717) is 35.1 Å². The van der Waals surface area contributed by atoms with Crippen molar-refractivity contribution in [1.29, 1.82) is 0 Å². The normalized spacial score (nSPS) is 13.3. The predicted octanol–water partition coefficient (Wildman–Crippen LogP) is 4.51. The zero-order valence-corrected chi connectivity index (χ0v) is 16.0. The summed E-state index contributed by atoms with van der Waals surface area (Å²) < 4.78 is 5.51. The molecule has 1 aromatic heterocycles. The number of hydrogen-bond acceptors (Lipinski definition) is 4. The van der Waals surface area contributed by atoms with E-state index in [2.05, 4.69) is 0 Å². The molecule has 138 valence electrons. The molecule has 5 nitrogen and oxygen atoms in total. The molecule has 2 aromatic carbocycles. The summed E-state index contributed by atoms with van der Waals surface area (Å²) in [6.07, 6.45) is 0.893. The fourth-order valence-corrected chi connectivity index (χ4v) is 3.86. The molecule has 1 amide bonds. The van der Waals surface area contributed by atoms with Crippen molar-refractivity contribution >= 4 is 34.1 Å². The average molecular weight is 382 g/mol. The van der Waals surface area contributed by atoms with Crippen molar-refractivity contribution in [3.63, 3.8) is 0 Å². The lowest BCUT2D eigenvalue weighted by molar-refractivity contribution is 0.0779. The van der Waals surface area contributed by atoms with E-state index >= 15 is 0 Å². The van der Waals surface area contributed by atoms with Crippen LogP contribution >= 0.6 is 11.6 Å². The van der Waals surface area contributed by atoms with Gasteiger partial charge in [-0.3, -0.25) is 4.79 Å². The van der Waals surface area contributed by atoms with Crippen molar-refractivity contribution in [3.05, 3.63) is 52.7 Å². The molecule has 27 heavy (non-hydrogen) atoms. The quantitative estimate of drug-likeness (QED) is 0.721. The van der Waals surface area contributed by atoms with Gasteiger partial charge in [0.15, 0.2) is 0 Å². The molecule has 0 radical (unpaired) electrons. The maximum Gasteiger partial charge on any atom is 0.258 e. The van der Waals surface area contributed by atoms with Crippen LogP contribution in [0.1, 0.15) is 29.4 Å². The number of amides is 1. The zero-order chi connectivity index (χ0) is 19.1. The largest absolute Gasteiger partial charge is 0.496 e. The van der Waals surface area contributed by atoms with Gasteiger partial charge >= 0.3 is 0 Å². The van der Waals surface area contributed by atoms with Crippen molar-refractivity contribution < 1.29 is 9.53 Å². The van der Waals surface area contributed by atoms with Crippen LogP contribution in [0.3, 0.4) is 0 Å². The summed E-state index contributed by atoms with van der Waals surface area (Å²) in [4.78, 5) is 19.4. The van der Waals surface area contributed by atoms with Crippen LogP contribution in [-0.2, 0) is 6.54 Å². The second kappa shape index (κ2) is 6.74. The number of benzene rings is 2.